The molecule has 0 N–H and O–H groups in total. The summed E-state index contributed by atoms with van der Waals surface area (Å²) in [5.74, 6) is 0.304. The van der Waals surface area contributed by atoms with Crippen LogP contribution in [0.5, 0.6) is 0 Å². The van der Waals surface area contributed by atoms with E-state index in [1.807, 2.05) is 58.0 Å². The van der Waals surface area contributed by atoms with E-state index in [1.54, 1.807) is 7.05 Å². The van der Waals surface area contributed by atoms with Gasteiger partial charge in [0.15, 0.2) is 0 Å². The molecule has 0 saturated heterocycles. The maximum absolute atomic E-state index is 12.6. The fraction of sp³-hybridized carbons (Fsp3) is 0.650. The van der Waals surface area contributed by atoms with Gasteiger partial charge in [0.25, 0.3) is 0 Å². The predicted molar refractivity (Wildman–Crippen MR) is 110 cm³/mol. The normalized spacial score (nSPS) is 11.8. The van der Waals surface area contributed by atoms with Crippen LogP contribution in [0.15, 0.2) is 30.3 Å². The molecule has 0 heterocycles. The molecule has 166 valence electrons. The minimum Gasteiger partial charge on any atom is -0.422 e. The molecule has 29 heavy (non-hydrogen) atoms. The van der Waals surface area contributed by atoms with E-state index < -0.39 is 20.7 Å². The third kappa shape index (κ3) is 12.0. The Labute approximate surface area is 174 Å². The molecular weight excluding hydrogens is 397 g/mol. The third-order valence-electron chi connectivity index (χ3n) is 3.52. The van der Waals surface area contributed by atoms with Crippen LogP contribution < -0.4 is 0 Å². The summed E-state index contributed by atoms with van der Waals surface area (Å²) in [5.41, 5.74) is 1.06. The van der Waals surface area contributed by atoms with Crippen molar-refractivity contribution < 1.29 is 32.4 Å². The molecule has 0 saturated carbocycles. The molecule has 0 atom stereocenters. The number of hydrogen-bond donors (Lipinski definition) is 0. The average Bonchev–Trinajstić information content (AvgIpc) is 2.69. The Morgan fingerprint density at radius 2 is 1.59 bits per heavy atom. The van der Waals surface area contributed by atoms with Crippen LogP contribution >= 0.6 is 7.82 Å². The van der Waals surface area contributed by atoms with Crippen molar-refractivity contribution in [3.05, 3.63) is 35.9 Å². The average molecular weight is 431 g/mol. The summed E-state index contributed by atoms with van der Waals surface area (Å²) in [4.78, 5) is 13.4. The zero-order valence-electron chi connectivity index (χ0n) is 18.0. The second kappa shape index (κ2) is 13.7. The topological polar surface area (TPSA) is 83.5 Å². The number of rotatable bonds is 14. The lowest BCUT2D eigenvalue weighted by molar-refractivity contribution is 0.00224. The number of benzene rings is 1. The zero-order valence-corrected chi connectivity index (χ0v) is 18.9. The van der Waals surface area contributed by atoms with Gasteiger partial charge in [-0.2, -0.15) is 0 Å². The van der Waals surface area contributed by atoms with E-state index in [0.717, 1.165) is 5.56 Å². The molecule has 0 aliphatic carbocycles. The van der Waals surface area contributed by atoms with Crippen molar-refractivity contribution in [1.82, 2.24) is 4.90 Å². The monoisotopic (exact) mass is 431 g/mol. The number of ether oxygens (including phenoxy) is 2. The van der Waals surface area contributed by atoms with Crippen LogP contribution in [-0.4, -0.2) is 51.2 Å². The molecule has 0 spiro atoms. The lowest BCUT2D eigenvalue weighted by Gasteiger charge is -2.21. The van der Waals surface area contributed by atoms with Crippen molar-refractivity contribution in [1.29, 1.82) is 0 Å². The van der Waals surface area contributed by atoms with Crippen LogP contribution in [0.4, 0.5) is 4.79 Å². The van der Waals surface area contributed by atoms with Gasteiger partial charge in [-0.05, 0) is 17.4 Å². The van der Waals surface area contributed by atoms with Gasteiger partial charge in [0, 0.05) is 13.6 Å². The molecule has 0 fully saturated rings. The molecule has 0 aromatic heterocycles. The van der Waals surface area contributed by atoms with Gasteiger partial charge in [-0.3, -0.25) is 9.05 Å². The summed E-state index contributed by atoms with van der Waals surface area (Å²) in [6, 6.07) is 9.76. The number of phosphoric acid groups is 1. The zero-order chi connectivity index (χ0) is 21.7. The van der Waals surface area contributed by atoms with Crippen molar-refractivity contribution in [3.63, 3.8) is 0 Å². The number of amides is 1. The summed E-state index contributed by atoms with van der Waals surface area (Å²) in [6.45, 7) is 8.74. The predicted octanol–water partition coefficient (Wildman–Crippen LogP) is 4.70. The minimum atomic E-state index is -3.79. The van der Waals surface area contributed by atoms with Crippen LogP contribution in [0.3, 0.4) is 0 Å². The molecule has 9 heteroatoms. The maximum Gasteiger partial charge on any atom is 0.477 e. The fourth-order valence-corrected chi connectivity index (χ4v) is 3.27. The number of carbonyl (C=O) groups excluding carboxylic acids is 1. The molecule has 1 rings (SSSR count). The molecule has 1 amide bonds. The van der Waals surface area contributed by atoms with Gasteiger partial charge in [0.1, 0.15) is 0 Å². The van der Waals surface area contributed by atoms with Crippen molar-refractivity contribution in [3.8, 4) is 0 Å². The fourth-order valence-electron chi connectivity index (χ4n) is 1.90. The Kier molecular flexibility index (Phi) is 12.1. The van der Waals surface area contributed by atoms with Crippen molar-refractivity contribution in [2.24, 2.45) is 11.8 Å². The molecule has 1 aromatic carbocycles. The van der Waals surface area contributed by atoms with Crippen molar-refractivity contribution in [2.45, 2.75) is 34.3 Å². The Morgan fingerprint density at radius 1 is 1.00 bits per heavy atom. The number of likely N-dealkylation sites (N-methyl/N-ethyl adjacent to an activating group) is 1. The van der Waals surface area contributed by atoms with Crippen molar-refractivity contribution >= 4 is 13.9 Å². The molecular formula is C20H34NO7P. The molecule has 8 nitrogen and oxygen atoms in total. The number of nitrogens with zero attached hydrogens (tertiary/aromatic N) is 1. The van der Waals surface area contributed by atoms with E-state index in [4.69, 9.17) is 23.0 Å². The molecule has 0 unspecified atom stereocenters. The van der Waals surface area contributed by atoms with E-state index in [2.05, 4.69) is 0 Å². The molecule has 1 aromatic rings. The number of hydrogen-bond acceptors (Lipinski definition) is 7. The van der Waals surface area contributed by atoms with E-state index in [9.17, 15) is 9.36 Å². The van der Waals surface area contributed by atoms with Crippen LogP contribution in [0.1, 0.15) is 33.3 Å². The second-order valence-electron chi connectivity index (χ2n) is 7.44. The highest BCUT2D eigenvalue weighted by atomic mass is 31.2. The Balaban J connectivity index is 2.32. The van der Waals surface area contributed by atoms with Gasteiger partial charge in [-0.15, -0.1) is 0 Å². The highest BCUT2D eigenvalue weighted by Gasteiger charge is 2.28. The number of carbonyl (C=O) groups is 1. The Morgan fingerprint density at radius 3 is 2.14 bits per heavy atom. The van der Waals surface area contributed by atoms with Crippen molar-refractivity contribution in [2.75, 3.05) is 40.2 Å². The van der Waals surface area contributed by atoms with E-state index in [1.165, 1.54) is 4.90 Å². The first-order chi connectivity index (χ1) is 13.7. The van der Waals surface area contributed by atoms with Crippen LogP contribution in [-0.2, 0) is 34.2 Å². The van der Waals surface area contributed by atoms with Crippen LogP contribution in [0.2, 0.25) is 0 Å². The first kappa shape index (κ1) is 25.6. The summed E-state index contributed by atoms with van der Waals surface area (Å²) >= 11 is 0. The standard InChI is InChI=1S/C20H34NO7P/c1-17(2)13-26-29(23,27-14-18(3)4)28-16-25-20(22)21(5)11-12-24-15-19-9-7-6-8-10-19/h6-10,17-18H,11-16H2,1-5H3. The van der Waals surface area contributed by atoms with Gasteiger partial charge in [-0.1, -0.05) is 58.0 Å². The van der Waals surface area contributed by atoms with Gasteiger partial charge in [-0.25, -0.2) is 13.9 Å². The third-order valence-corrected chi connectivity index (χ3v) is 4.87. The first-order valence-electron chi connectivity index (χ1n) is 9.75. The highest BCUT2D eigenvalue weighted by Crippen LogP contribution is 2.50. The Hall–Kier alpha value is -1.44. The van der Waals surface area contributed by atoms with Gasteiger partial charge in [0.2, 0.25) is 6.79 Å². The SMILES string of the molecule is CC(C)COP(=O)(OCOC(=O)N(C)CCOCc1ccccc1)OCC(C)C. The van der Waals surface area contributed by atoms with E-state index in [0.29, 0.717) is 19.8 Å². The smallest absolute Gasteiger partial charge is 0.422 e. The quantitative estimate of drug-likeness (QED) is 0.240. The van der Waals surface area contributed by atoms with E-state index >= 15 is 0 Å². The molecule has 0 bridgehead atoms. The Bertz CT molecular complexity index is 609. The molecule has 0 radical (unpaired) electrons. The minimum absolute atomic E-state index is 0.152. The molecule has 0 aliphatic rings. The number of phosphoric ester groups is 1. The van der Waals surface area contributed by atoms with Gasteiger partial charge < -0.3 is 14.4 Å². The van der Waals surface area contributed by atoms with Crippen LogP contribution in [0, 0.1) is 11.8 Å². The second-order valence-corrected chi connectivity index (χ2v) is 9.11. The lowest BCUT2D eigenvalue weighted by Crippen LogP contribution is -2.31. The van der Waals surface area contributed by atoms with Crippen LogP contribution in [0.25, 0.3) is 0 Å². The van der Waals surface area contributed by atoms with Gasteiger partial charge in [0.05, 0.1) is 26.4 Å². The largest absolute Gasteiger partial charge is 0.477 e. The van der Waals surface area contributed by atoms with E-state index in [-0.39, 0.29) is 25.0 Å². The van der Waals surface area contributed by atoms with Gasteiger partial charge >= 0.3 is 13.9 Å². The lowest BCUT2D eigenvalue weighted by atomic mass is 10.2. The molecule has 0 aliphatic heterocycles. The highest BCUT2D eigenvalue weighted by molar-refractivity contribution is 7.48. The summed E-state index contributed by atoms with van der Waals surface area (Å²) < 4.78 is 38.9. The maximum atomic E-state index is 12.6. The summed E-state index contributed by atoms with van der Waals surface area (Å²) in [7, 11) is -2.21. The summed E-state index contributed by atoms with van der Waals surface area (Å²) in [6.07, 6.45) is -0.618. The summed E-state index contributed by atoms with van der Waals surface area (Å²) in [5, 5.41) is 0. The first-order valence-corrected chi connectivity index (χ1v) is 11.2.